The van der Waals surface area contributed by atoms with Gasteiger partial charge in [0.25, 0.3) is 5.91 Å². The van der Waals surface area contributed by atoms with Crippen molar-refractivity contribution in [2.75, 3.05) is 6.54 Å². The average molecular weight is 309 g/mol. The number of aromatic amines is 1. The van der Waals surface area contributed by atoms with Crippen molar-refractivity contribution >= 4 is 34.4 Å². The van der Waals surface area contributed by atoms with Crippen LogP contribution in [0.3, 0.4) is 0 Å². The van der Waals surface area contributed by atoms with Crippen LogP contribution >= 0.6 is 11.6 Å². The summed E-state index contributed by atoms with van der Waals surface area (Å²) in [5.74, 6) is -1.13. The number of carboxylic acid groups (broad SMARTS) is 1. The lowest BCUT2D eigenvalue weighted by atomic mass is 10.2. The molecule has 0 aliphatic rings. The maximum Gasteiger partial charge on any atom is 0.305 e. The van der Waals surface area contributed by atoms with Crippen LogP contribution in [0.2, 0.25) is 5.02 Å². The molecule has 2 N–H and O–H groups in total. The number of amides is 1. The molecule has 0 radical (unpaired) electrons. The van der Waals surface area contributed by atoms with Gasteiger partial charge in [-0.1, -0.05) is 17.7 Å². The predicted octanol–water partition coefficient (Wildman–Crippen LogP) is 3.15. The molecule has 0 fully saturated rings. The molecule has 0 bridgehead atoms. The second-order valence-corrected chi connectivity index (χ2v) is 5.59. The van der Waals surface area contributed by atoms with Crippen LogP contribution in [0.1, 0.15) is 30.8 Å². The normalized spacial score (nSPS) is 11.0. The number of benzene rings is 1. The van der Waals surface area contributed by atoms with Crippen LogP contribution in [0, 0.1) is 0 Å². The fourth-order valence-corrected chi connectivity index (χ4v) is 2.35. The number of nitrogens with one attached hydrogen (secondary N) is 1. The maximum absolute atomic E-state index is 12.5. The first-order chi connectivity index (χ1) is 9.88. The molecule has 0 spiro atoms. The van der Waals surface area contributed by atoms with Crippen molar-refractivity contribution in [3.05, 3.63) is 35.0 Å². The van der Waals surface area contributed by atoms with Crippen LogP contribution in [-0.4, -0.2) is 39.5 Å². The van der Waals surface area contributed by atoms with Gasteiger partial charge >= 0.3 is 5.97 Å². The SMILES string of the molecule is CC(C)N(CCC(=O)O)C(=O)c1cc2ccc(Cl)cc2[nH]1. The Morgan fingerprint density at radius 3 is 2.67 bits per heavy atom. The van der Waals surface area contributed by atoms with Crippen molar-refractivity contribution in [2.24, 2.45) is 0 Å². The van der Waals surface area contributed by atoms with Crippen molar-refractivity contribution in [1.82, 2.24) is 9.88 Å². The summed E-state index contributed by atoms with van der Waals surface area (Å²) in [6.07, 6.45) is -0.0734. The highest BCUT2D eigenvalue weighted by Gasteiger charge is 2.21. The first-order valence-corrected chi connectivity index (χ1v) is 7.07. The zero-order chi connectivity index (χ0) is 15.6. The van der Waals surface area contributed by atoms with E-state index < -0.39 is 5.97 Å². The van der Waals surface area contributed by atoms with Gasteiger partial charge in [0, 0.05) is 28.5 Å². The smallest absolute Gasteiger partial charge is 0.305 e. The first kappa shape index (κ1) is 15.4. The van der Waals surface area contributed by atoms with E-state index in [0.29, 0.717) is 10.7 Å². The fraction of sp³-hybridized carbons (Fsp3) is 0.333. The van der Waals surface area contributed by atoms with Crippen LogP contribution < -0.4 is 0 Å². The van der Waals surface area contributed by atoms with Crippen LogP contribution in [0.4, 0.5) is 0 Å². The van der Waals surface area contributed by atoms with E-state index in [1.165, 1.54) is 0 Å². The highest BCUT2D eigenvalue weighted by Crippen LogP contribution is 2.21. The number of carbonyl (C=O) groups excluding carboxylic acids is 1. The molecule has 2 rings (SSSR count). The number of rotatable bonds is 5. The van der Waals surface area contributed by atoms with E-state index in [9.17, 15) is 9.59 Å². The van der Waals surface area contributed by atoms with Crippen LogP contribution in [0.5, 0.6) is 0 Å². The Morgan fingerprint density at radius 1 is 1.33 bits per heavy atom. The van der Waals surface area contributed by atoms with Gasteiger partial charge < -0.3 is 15.0 Å². The second kappa shape index (κ2) is 6.18. The van der Waals surface area contributed by atoms with E-state index in [2.05, 4.69) is 4.98 Å². The van der Waals surface area contributed by atoms with E-state index in [0.717, 1.165) is 10.9 Å². The standard InChI is InChI=1S/C15H17ClN2O3/c1-9(2)18(6-5-14(19)20)15(21)13-7-10-3-4-11(16)8-12(10)17-13/h3-4,7-9,17H,5-6H2,1-2H3,(H,19,20). The quantitative estimate of drug-likeness (QED) is 0.891. The molecule has 6 heteroatoms. The Kier molecular flexibility index (Phi) is 4.53. The summed E-state index contributed by atoms with van der Waals surface area (Å²) in [5.41, 5.74) is 1.22. The molecule has 1 heterocycles. The van der Waals surface area contributed by atoms with Gasteiger partial charge in [-0.2, -0.15) is 0 Å². The van der Waals surface area contributed by atoms with E-state index in [4.69, 9.17) is 16.7 Å². The summed E-state index contributed by atoms with van der Waals surface area (Å²) < 4.78 is 0. The zero-order valence-corrected chi connectivity index (χ0v) is 12.6. The van der Waals surface area contributed by atoms with Crippen molar-refractivity contribution in [3.63, 3.8) is 0 Å². The summed E-state index contributed by atoms with van der Waals surface area (Å²) in [6, 6.07) is 7.03. The monoisotopic (exact) mass is 308 g/mol. The van der Waals surface area contributed by atoms with E-state index >= 15 is 0 Å². The number of nitrogens with zero attached hydrogens (tertiary/aromatic N) is 1. The summed E-state index contributed by atoms with van der Waals surface area (Å²) in [7, 11) is 0. The van der Waals surface area contributed by atoms with Gasteiger partial charge in [-0.15, -0.1) is 0 Å². The summed E-state index contributed by atoms with van der Waals surface area (Å²) in [5, 5.41) is 10.3. The Bertz CT molecular complexity index is 679. The van der Waals surface area contributed by atoms with Gasteiger partial charge in [-0.05, 0) is 32.0 Å². The number of H-pyrrole nitrogens is 1. The van der Waals surface area contributed by atoms with Crippen LogP contribution in [-0.2, 0) is 4.79 Å². The molecule has 5 nitrogen and oxygen atoms in total. The average Bonchev–Trinajstić information content (AvgIpc) is 2.80. The summed E-state index contributed by atoms with van der Waals surface area (Å²) in [6.45, 7) is 3.90. The van der Waals surface area contributed by atoms with Gasteiger partial charge in [0.05, 0.1) is 6.42 Å². The molecule has 0 unspecified atom stereocenters. The second-order valence-electron chi connectivity index (χ2n) is 5.15. The van der Waals surface area contributed by atoms with Gasteiger partial charge in [-0.3, -0.25) is 9.59 Å². The Balaban J connectivity index is 2.27. The number of aliphatic carboxylic acids is 1. The van der Waals surface area contributed by atoms with Crippen molar-refractivity contribution in [1.29, 1.82) is 0 Å². The molecular formula is C15H17ClN2O3. The lowest BCUT2D eigenvalue weighted by Crippen LogP contribution is -2.38. The molecular weight excluding hydrogens is 292 g/mol. The largest absolute Gasteiger partial charge is 0.481 e. The lowest BCUT2D eigenvalue weighted by molar-refractivity contribution is -0.137. The molecule has 0 aliphatic heterocycles. The molecule has 0 saturated carbocycles. The number of halogens is 1. The molecule has 21 heavy (non-hydrogen) atoms. The minimum absolute atomic E-state index is 0.0734. The molecule has 2 aromatic rings. The molecule has 0 aliphatic carbocycles. The number of aromatic nitrogens is 1. The third-order valence-electron chi connectivity index (χ3n) is 3.27. The van der Waals surface area contributed by atoms with Crippen LogP contribution in [0.25, 0.3) is 10.9 Å². The fourth-order valence-electron chi connectivity index (χ4n) is 2.18. The van der Waals surface area contributed by atoms with Gasteiger partial charge in [0.2, 0.25) is 0 Å². The van der Waals surface area contributed by atoms with Crippen LogP contribution in [0.15, 0.2) is 24.3 Å². The third kappa shape index (κ3) is 3.55. The molecule has 0 saturated heterocycles. The van der Waals surface area contributed by atoms with E-state index in [1.807, 2.05) is 19.9 Å². The van der Waals surface area contributed by atoms with Gasteiger partial charge in [-0.25, -0.2) is 0 Å². The van der Waals surface area contributed by atoms with Gasteiger partial charge in [0.15, 0.2) is 0 Å². The predicted molar refractivity (Wildman–Crippen MR) is 81.7 cm³/mol. The number of carboxylic acids is 1. The van der Waals surface area contributed by atoms with Crippen molar-refractivity contribution < 1.29 is 14.7 Å². The van der Waals surface area contributed by atoms with Gasteiger partial charge in [0.1, 0.15) is 5.69 Å². The van der Waals surface area contributed by atoms with E-state index in [-0.39, 0.29) is 24.9 Å². The Labute approximate surface area is 127 Å². The summed E-state index contributed by atoms with van der Waals surface area (Å²) in [4.78, 5) is 27.8. The Morgan fingerprint density at radius 2 is 2.05 bits per heavy atom. The third-order valence-corrected chi connectivity index (χ3v) is 3.50. The lowest BCUT2D eigenvalue weighted by Gasteiger charge is -2.25. The molecule has 1 aromatic heterocycles. The molecule has 1 amide bonds. The van der Waals surface area contributed by atoms with E-state index in [1.54, 1.807) is 23.1 Å². The minimum Gasteiger partial charge on any atom is -0.481 e. The minimum atomic E-state index is -0.920. The number of carbonyl (C=O) groups is 2. The Hall–Kier alpha value is -2.01. The number of hydrogen-bond acceptors (Lipinski definition) is 2. The highest BCUT2D eigenvalue weighted by molar-refractivity contribution is 6.31. The first-order valence-electron chi connectivity index (χ1n) is 6.69. The zero-order valence-electron chi connectivity index (χ0n) is 11.9. The molecule has 0 atom stereocenters. The molecule has 1 aromatic carbocycles. The van der Waals surface area contributed by atoms with Crippen molar-refractivity contribution in [3.8, 4) is 0 Å². The van der Waals surface area contributed by atoms with Crippen molar-refractivity contribution in [2.45, 2.75) is 26.3 Å². The summed E-state index contributed by atoms with van der Waals surface area (Å²) >= 11 is 5.92. The number of fused-ring (bicyclic) bond motifs is 1. The molecule has 112 valence electrons. The number of hydrogen-bond donors (Lipinski definition) is 2. The topological polar surface area (TPSA) is 73.4 Å². The maximum atomic E-state index is 12.5. The highest BCUT2D eigenvalue weighted by atomic mass is 35.5.